The molecule has 0 aliphatic heterocycles. The summed E-state index contributed by atoms with van der Waals surface area (Å²) in [5.41, 5.74) is 2.12. The van der Waals surface area contributed by atoms with Crippen LogP contribution in [0.4, 0.5) is 0 Å². The van der Waals surface area contributed by atoms with E-state index in [9.17, 15) is 4.79 Å². The van der Waals surface area contributed by atoms with Crippen LogP contribution in [-0.2, 0) is 0 Å². The molecule has 1 heterocycles. The first-order valence-corrected chi connectivity index (χ1v) is 6.39. The summed E-state index contributed by atoms with van der Waals surface area (Å²) in [4.78, 5) is 20.2. The Kier molecular flexibility index (Phi) is 4.47. The van der Waals surface area contributed by atoms with Crippen LogP contribution in [0, 0.1) is 0 Å². The van der Waals surface area contributed by atoms with Crippen molar-refractivity contribution in [3.8, 4) is 0 Å². The fraction of sp³-hybridized carbons (Fsp3) is 0.308. The maximum Gasteiger partial charge on any atom is 0.251 e. The molecule has 0 radical (unpaired) electrons. The van der Waals surface area contributed by atoms with Crippen LogP contribution >= 0.6 is 11.6 Å². The summed E-state index contributed by atoms with van der Waals surface area (Å²) >= 11 is 5.57. The second kappa shape index (κ2) is 6.31. The van der Waals surface area contributed by atoms with Crippen molar-refractivity contribution in [2.45, 2.75) is 12.8 Å². The lowest BCUT2D eigenvalue weighted by Gasteiger charge is -2.05. The molecule has 2 aromatic rings. The Hall–Kier alpha value is -1.68. The number of halogens is 1. The van der Waals surface area contributed by atoms with Crippen molar-refractivity contribution in [1.82, 2.24) is 15.3 Å². The molecule has 0 aliphatic rings. The summed E-state index contributed by atoms with van der Waals surface area (Å²) in [6.45, 7) is 0.643. The second-order valence-electron chi connectivity index (χ2n) is 3.91. The van der Waals surface area contributed by atoms with E-state index in [1.807, 2.05) is 0 Å². The molecule has 5 heteroatoms. The quantitative estimate of drug-likeness (QED) is 0.666. The van der Waals surface area contributed by atoms with Gasteiger partial charge in [0.1, 0.15) is 0 Å². The number of rotatable bonds is 5. The van der Waals surface area contributed by atoms with Gasteiger partial charge in [0.05, 0.1) is 11.0 Å². The molecule has 1 N–H and O–H groups in total. The Balaban J connectivity index is 2.04. The molecule has 0 fully saturated rings. The molecule has 1 aromatic carbocycles. The molecule has 0 saturated heterocycles. The lowest BCUT2D eigenvalue weighted by Crippen LogP contribution is -2.24. The third-order valence-electron chi connectivity index (χ3n) is 2.58. The van der Waals surface area contributed by atoms with Crippen LogP contribution in [0.25, 0.3) is 11.0 Å². The van der Waals surface area contributed by atoms with Crippen molar-refractivity contribution in [3.05, 3.63) is 36.2 Å². The van der Waals surface area contributed by atoms with E-state index in [2.05, 4.69) is 15.3 Å². The normalized spacial score (nSPS) is 10.5. The van der Waals surface area contributed by atoms with Gasteiger partial charge >= 0.3 is 0 Å². The van der Waals surface area contributed by atoms with Crippen molar-refractivity contribution in [2.75, 3.05) is 12.4 Å². The molecule has 4 nitrogen and oxygen atoms in total. The van der Waals surface area contributed by atoms with Gasteiger partial charge in [-0.25, -0.2) is 0 Å². The summed E-state index contributed by atoms with van der Waals surface area (Å²) < 4.78 is 0. The largest absolute Gasteiger partial charge is 0.352 e. The van der Waals surface area contributed by atoms with Crippen molar-refractivity contribution in [2.24, 2.45) is 0 Å². The highest BCUT2D eigenvalue weighted by atomic mass is 35.5. The first-order chi connectivity index (χ1) is 8.81. The van der Waals surface area contributed by atoms with Crippen LogP contribution in [0.1, 0.15) is 23.2 Å². The molecule has 0 bridgehead atoms. The Morgan fingerprint density at radius 2 is 1.94 bits per heavy atom. The molecule has 1 aromatic heterocycles. The second-order valence-corrected chi connectivity index (χ2v) is 4.29. The Bertz CT molecular complexity index is 545. The molecule has 0 saturated carbocycles. The Labute approximate surface area is 110 Å². The smallest absolute Gasteiger partial charge is 0.251 e. The number of carbonyl (C=O) groups is 1. The van der Waals surface area contributed by atoms with Crippen LogP contribution in [0.15, 0.2) is 30.6 Å². The fourth-order valence-corrected chi connectivity index (χ4v) is 1.82. The van der Waals surface area contributed by atoms with E-state index >= 15 is 0 Å². The summed E-state index contributed by atoms with van der Waals surface area (Å²) in [5.74, 6) is 0.540. The summed E-state index contributed by atoms with van der Waals surface area (Å²) in [7, 11) is 0. The van der Waals surface area contributed by atoms with Crippen molar-refractivity contribution >= 4 is 28.5 Å². The lowest BCUT2D eigenvalue weighted by atomic mass is 10.2. The molecule has 2 rings (SSSR count). The minimum atomic E-state index is -0.0860. The highest BCUT2D eigenvalue weighted by molar-refractivity contribution is 6.17. The molecule has 1 amide bonds. The number of hydrogen-bond donors (Lipinski definition) is 1. The van der Waals surface area contributed by atoms with Crippen molar-refractivity contribution < 1.29 is 4.79 Å². The van der Waals surface area contributed by atoms with Gasteiger partial charge in [-0.3, -0.25) is 14.8 Å². The number of aromatic nitrogens is 2. The molecule has 0 atom stereocenters. The van der Waals surface area contributed by atoms with Gasteiger partial charge in [-0.05, 0) is 31.0 Å². The first-order valence-electron chi connectivity index (χ1n) is 5.86. The maximum atomic E-state index is 11.9. The van der Waals surface area contributed by atoms with Gasteiger partial charge in [0.25, 0.3) is 5.91 Å². The van der Waals surface area contributed by atoms with Gasteiger partial charge in [-0.15, -0.1) is 11.6 Å². The lowest BCUT2D eigenvalue weighted by molar-refractivity contribution is 0.0953. The zero-order chi connectivity index (χ0) is 12.8. The van der Waals surface area contributed by atoms with E-state index in [-0.39, 0.29) is 5.91 Å². The maximum absolute atomic E-state index is 11.9. The monoisotopic (exact) mass is 263 g/mol. The molecule has 0 spiro atoms. The van der Waals surface area contributed by atoms with E-state index < -0.39 is 0 Å². The third-order valence-corrected chi connectivity index (χ3v) is 2.84. The van der Waals surface area contributed by atoms with E-state index in [1.165, 1.54) is 0 Å². The van der Waals surface area contributed by atoms with Gasteiger partial charge in [-0.2, -0.15) is 0 Å². The van der Waals surface area contributed by atoms with E-state index in [4.69, 9.17) is 11.6 Å². The Morgan fingerprint density at radius 3 is 2.72 bits per heavy atom. The molecule has 0 aliphatic carbocycles. The van der Waals surface area contributed by atoms with Crippen LogP contribution in [0.5, 0.6) is 0 Å². The highest BCUT2D eigenvalue weighted by Gasteiger charge is 2.06. The average Bonchev–Trinajstić information content (AvgIpc) is 2.43. The van der Waals surface area contributed by atoms with Gasteiger partial charge in [-0.1, -0.05) is 0 Å². The summed E-state index contributed by atoms with van der Waals surface area (Å²) in [6, 6.07) is 5.31. The minimum Gasteiger partial charge on any atom is -0.352 e. The number of carbonyl (C=O) groups excluding carboxylic acids is 1. The number of benzene rings is 1. The predicted octanol–water partition coefficient (Wildman–Crippen LogP) is 2.38. The standard InChI is InChI=1S/C13H14ClN3O/c14-5-1-2-6-17-13(18)10-3-4-11-12(9-10)16-8-7-15-11/h3-4,7-9H,1-2,5-6H2,(H,17,18). The molecule has 18 heavy (non-hydrogen) atoms. The van der Waals surface area contributed by atoms with E-state index in [0.29, 0.717) is 18.0 Å². The number of hydrogen-bond acceptors (Lipinski definition) is 3. The van der Waals surface area contributed by atoms with Crippen LogP contribution < -0.4 is 5.32 Å². The average molecular weight is 264 g/mol. The first kappa shape index (κ1) is 12.8. The Morgan fingerprint density at radius 1 is 1.17 bits per heavy atom. The number of nitrogens with zero attached hydrogens (tertiary/aromatic N) is 2. The van der Waals surface area contributed by atoms with E-state index in [0.717, 1.165) is 23.9 Å². The molecular weight excluding hydrogens is 250 g/mol. The number of amides is 1. The molecule has 0 unspecified atom stereocenters. The topological polar surface area (TPSA) is 54.9 Å². The van der Waals surface area contributed by atoms with Crippen molar-refractivity contribution in [1.29, 1.82) is 0 Å². The fourth-order valence-electron chi connectivity index (χ4n) is 1.63. The number of unbranched alkanes of at least 4 members (excludes halogenated alkanes) is 1. The summed E-state index contributed by atoms with van der Waals surface area (Å²) in [6.07, 6.45) is 5.05. The number of alkyl halides is 1. The van der Waals surface area contributed by atoms with Crippen molar-refractivity contribution in [3.63, 3.8) is 0 Å². The predicted molar refractivity (Wildman–Crippen MR) is 71.8 cm³/mol. The van der Waals surface area contributed by atoms with Gasteiger partial charge in [0.2, 0.25) is 0 Å². The minimum absolute atomic E-state index is 0.0860. The summed E-state index contributed by atoms with van der Waals surface area (Å²) in [5, 5.41) is 2.85. The third kappa shape index (κ3) is 3.17. The number of nitrogens with one attached hydrogen (secondary N) is 1. The zero-order valence-corrected chi connectivity index (χ0v) is 10.7. The van der Waals surface area contributed by atoms with Gasteiger partial charge < -0.3 is 5.32 Å². The van der Waals surface area contributed by atoms with Gasteiger partial charge in [0.15, 0.2) is 0 Å². The highest BCUT2D eigenvalue weighted by Crippen LogP contribution is 2.10. The van der Waals surface area contributed by atoms with Gasteiger partial charge in [0, 0.05) is 30.4 Å². The zero-order valence-electron chi connectivity index (χ0n) is 9.90. The number of fused-ring (bicyclic) bond motifs is 1. The van der Waals surface area contributed by atoms with Crippen LogP contribution in [0.3, 0.4) is 0 Å². The van der Waals surface area contributed by atoms with Crippen LogP contribution in [0.2, 0.25) is 0 Å². The molecule has 94 valence electrons. The SMILES string of the molecule is O=C(NCCCCCl)c1ccc2nccnc2c1. The van der Waals surface area contributed by atoms with Crippen LogP contribution in [-0.4, -0.2) is 28.3 Å². The molecular formula is C13H14ClN3O. The van der Waals surface area contributed by atoms with E-state index in [1.54, 1.807) is 30.6 Å².